The first-order valence-electron chi connectivity index (χ1n) is 8.64. The van der Waals surface area contributed by atoms with Crippen LogP contribution in [0.15, 0.2) is 18.3 Å². The molecule has 2 aliphatic rings. The molecule has 3 heterocycles. The van der Waals surface area contributed by atoms with Crippen LogP contribution in [0.25, 0.3) is 0 Å². The van der Waals surface area contributed by atoms with Gasteiger partial charge >= 0.3 is 0 Å². The Morgan fingerprint density at radius 3 is 2.50 bits per heavy atom. The highest BCUT2D eigenvalue weighted by atomic mass is 16.2. The molecule has 1 atom stereocenters. The molecular formula is C18H27N3O. The fraction of sp³-hybridized carbons (Fsp3) is 0.667. The first kappa shape index (κ1) is 15.3. The summed E-state index contributed by atoms with van der Waals surface area (Å²) in [6, 6.07) is 3.96. The number of nitrogens with zero attached hydrogens (tertiary/aromatic N) is 3. The van der Waals surface area contributed by atoms with Crippen LogP contribution in [0.2, 0.25) is 0 Å². The molecule has 3 rings (SSSR count). The van der Waals surface area contributed by atoms with Gasteiger partial charge in [0.15, 0.2) is 0 Å². The summed E-state index contributed by atoms with van der Waals surface area (Å²) in [6.45, 7) is 8.49. The van der Waals surface area contributed by atoms with Crippen LogP contribution in [0.3, 0.4) is 0 Å². The molecule has 4 nitrogen and oxygen atoms in total. The lowest BCUT2D eigenvalue weighted by molar-refractivity contribution is 0.0691. The molecule has 22 heavy (non-hydrogen) atoms. The molecule has 1 unspecified atom stereocenters. The summed E-state index contributed by atoms with van der Waals surface area (Å²) in [5, 5.41) is 0. The molecule has 0 saturated carbocycles. The van der Waals surface area contributed by atoms with Crippen LogP contribution < -0.4 is 4.90 Å². The van der Waals surface area contributed by atoms with Crippen molar-refractivity contribution in [2.45, 2.75) is 39.5 Å². The topological polar surface area (TPSA) is 36.4 Å². The molecule has 4 heteroatoms. The lowest BCUT2D eigenvalue weighted by atomic mass is 9.99. The van der Waals surface area contributed by atoms with Crippen LogP contribution >= 0.6 is 0 Å². The Kier molecular flexibility index (Phi) is 4.65. The van der Waals surface area contributed by atoms with E-state index in [0.717, 1.165) is 56.5 Å². The van der Waals surface area contributed by atoms with E-state index in [1.807, 2.05) is 17.2 Å². The number of rotatable bonds is 2. The van der Waals surface area contributed by atoms with Crippen molar-refractivity contribution in [1.29, 1.82) is 0 Å². The molecular weight excluding hydrogens is 274 g/mol. The summed E-state index contributed by atoms with van der Waals surface area (Å²) in [4.78, 5) is 21.3. The predicted octanol–water partition coefficient (Wildman–Crippen LogP) is 3.19. The van der Waals surface area contributed by atoms with E-state index in [0.29, 0.717) is 5.69 Å². The highest BCUT2D eigenvalue weighted by Gasteiger charge is 2.23. The SMILES string of the molecule is CC1CCN(C(=O)c2ccc(N3CCCC(C)C3)cn2)CC1. The van der Waals surface area contributed by atoms with Gasteiger partial charge in [-0.15, -0.1) is 0 Å². The number of hydrogen-bond donors (Lipinski definition) is 0. The smallest absolute Gasteiger partial charge is 0.272 e. The Morgan fingerprint density at radius 1 is 1.09 bits per heavy atom. The van der Waals surface area contributed by atoms with Crippen LogP contribution in [-0.2, 0) is 0 Å². The monoisotopic (exact) mass is 301 g/mol. The van der Waals surface area contributed by atoms with E-state index in [1.54, 1.807) is 0 Å². The minimum absolute atomic E-state index is 0.0884. The van der Waals surface area contributed by atoms with Gasteiger partial charge in [-0.2, -0.15) is 0 Å². The van der Waals surface area contributed by atoms with Crippen molar-refractivity contribution >= 4 is 11.6 Å². The van der Waals surface area contributed by atoms with Crippen LogP contribution in [-0.4, -0.2) is 42.0 Å². The highest BCUT2D eigenvalue weighted by Crippen LogP contribution is 2.23. The van der Waals surface area contributed by atoms with Crippen molar-refractivity contribution in [2.24, 2.45) is 11.8 Å². The maximum Gasteiger partial charge on any atom is 0.272 e. The van der Waals surface area contributed by atoms with Gasteiger partial charge in [-0.3, -0.25) is 4.79 Å². The van der Waals surface area contributed by atoms with Gasteiger partial charge in [0.1, 0.15) is 5.69 Å². The number of likely N-dealkylation sites (tertiary alicyclic amines) is 1. The molecule has 0 bridgehead atoms. The highest BCUT2D eigenvalue weighted by molar-refractivity contribution is 5.92. The van der Waals surface area contributed by atoms with Crippen LogP contribution in [0.4, 0.5) is 5.69 Å². The van der Waals surface area contributed by atoms with Crippen molar-refractivity contribution in [3.8, 4) is 0 Å². The van der Waals surface area contributed by atoms with Crippen molar-refractivity contribution < 1.29 is 4.79 Å². The Hall–Kier alpha value is -1.58. The van der Waals surface area contributed by atoms with Crippen molar-refractivity contribution in [2.75, 3.05) is 31.1 Å². The molecule has 0 aromatic carbocycles. The zero-order chi connectivity index (χ0) is 15.5. The molecule has 2 saturated heterocycles. The summed E-state index contributed by atoms with van der Waals surface area (Å²) in [7, 11) is 0. The maximum absolute atomic E-state index is 12.5. The van der Waals surface area contributed by atoms with E-state index in [1.165, 1.54) is 12.8 Å². The average molecular weight is 301 g/mol. The first-order valence-corrected chi connectivity index (χ1v) is 8.64. The zero-order valence-electron chi connectivity index (χ0n) is 13.8. The van der Waals surface area contributed by atoms with E-state index in [2.05, 4.69) is 29.8 Å². The van der Waals surface area contributed by atoms with Crippen LogP contribution in [0.1, 0.15) is 50.0 Å². The Morgan fingerprint density at radius 2 is 1.86 bits per heavy atom. The summed E-state index contributed by atoms with van der Waals surface area (Å²) >= 11 is 0. The number of aromatic nitrogens is 1. The minimum Gasteiger partial charge on any atom is -0.370 e. The van der Waals surface area contributed by atoms with E-state index in [-0.39, 0.29) is 5.91 Å². The Bertz CT molecular complexity index is 506. The van der Waals surface area contributed by atoms with Gasteiger partial charge in [0, 0.05) is 26.2 Å². The molecule has 0 radical (unpaired) electrons. The fourth-order valence-electron chi connectivity index (χ4n) is 3.50. The number of amides is 1. The number of anilines is 1. The van der Waals surface area contributed by atoms with Gasteiger partial charge < -0.3 is 9.80 Å². The van der Waals surface area contributed by atoms with Gasteiger partial charge in [0.05, 0.1) is 11.9 Å². The second-order valence-electron chi connectivity index (χ2n) is 7.07. The third-order valence-corrected chi connectivity index (χ3v) is 5.06. The summed E-state index contributed by atoms with van der Waals surface area (Å²) in [5.41, 5.74) is 1.73. The third-order valence-electron chi connectivity index (χ3n) is 5.06. The number of pyridine rings is 1. The molecule has 2 aliphatic heterocycles. The quantitative estimate of drug-likeness (QED) is 0.841. The zero-order valence-corrected chi connectivity index (χ0v) is 13.8. The van der Waals surface area contributed by atoms with Gasteiger partial charge in [0.25, 0.3) is 5.91 Å². The molecule has 2 fully saturated rings. The lowest BCUT2D eigenvalue weighted by Crippen LogP contribution is -2.38. The lowest BCUT2D eigenvalue weighted by Gasteiger charge is -2.33. The Labute approximate surface area is 133 Å². The largest absolute Gasteiger partial charge is 0.370 e. The standard InChI is InChI=1S/C18H27N3O/c1-14-7-10-20(11-8-14)18(22)17-6-5-16(12-19-17)21-9-3-4-15(2)13-21/h5-6,12,14-15H,3-4,7-11,13H2,1-2H3. The van der Waals surface area contributed by atoms with Gasteiger partial charge in [0.2, 0.25) is 0 Å². The van der Waals surface area contributed by atoms with E-state index in [9.17, 15) is 4.79 Å². The number of hydrogen-bond acceptors (Lipinski definition) is 3. The van der Waals surface area contributed by atoms with E-state index >= 15 is 0 Å². The molecule has 0 spiro atoms. The number of carbonyl (C=O) groups excluding carboxylic acids is 1. The third kappa shape index (κ3) is 3.42. The second kappa shape index (κ2) is 6.67. The van der Waals surface area contributed by atoms with Gasteiger partial charge in [-0.1, -0.05) is 13.8 Å². The summed E-state index contributed by atoms with van der Waals surface area (Å²) < 4.78 is 0. The fourth-order valence-corrected chi connectivity index (χ4v) is 3.50. The summed E-state index contributed by atoms with van der Waals surface area (Å²) in [6.07, 6.45) is 6.64. The molecule has 0 aliphatic carbocycles. The normalized spacial score (nSPS) is 23.6. The van der Waals surface area contributed by atoms with Crippen LogP contribution in [0, 0.1) is 11.8 Å². The molecule has 1 amide bonds. The van der Waals surface area contributed by atoms with Crippen LogP contribution in [0.5, 0.6) is 0 Å². The number of carbonyl (C=O) groups is 1. The predicted molar refractivity (Wildman–Crippen MR) is 89.1 cm³/mol. The maximum atomic E-state index is 12.5. The first-order chi connectivity index (χ1) is 10.6. The molecule has 120 valence electrons. The van der Waals surface area contributed by atoms with Gasteiger partial charge in [-0.25, -0.2) is 4.98 Å². The van der Waals surface area contributed by atoms with Crippen molar-refractivity contribution in [3.63, 3.8) is 0 Å². The van der Waals surface area contributed by atoms with E-state index < -0.39 is 0 Å². The van der Waals surface area contributed by atoms with Crippen molar-refractivity contribution in [3.05, 3.63) is 24.0 Å². The average Bonchev–Trinajstić information content (AvgIpc) is 2.55. The molecule has 0 N–H and O–H groups in total. The Balaban J connectivity index is 1.64. The number of piperidine rings is 2. The van der Waals surface area contributed by atoms with E-state index in [4.69, 9.17) is 0 Å². The summed E-state index contributed by atoms with van der Waals surface area (Å²) in [5.74, 6) is 1.57. The van der Waals surface area contributed by atoms with Gasteiger partial charge in [-0.05, 0) is 49.7 Å². The molecule has 1 aromatic heterocycles. The van der Waals surface area contributed by atoms with Crippen molar-refractivity contribution in [1.82, 2.24) is 9.88 Å². The second-order valence-corrected chi connectivity index (χ2v) is 7.07. The minimum atomic E-state index is 0.0884. The molecule has 1 aromatic rings.